The van der Waals surface area contributed by atoms with Gasteiger partial charge in [-0.15, -0.1) is 0 Å². The second-order valence-corrected chi connectivity index (χ2v) is 4.65. The molecule has 0 saturated heterocycles. The molecule has 1 aromatic rings. The Labute approximate surface area is 99.8 Å². The molecule has 1 amide bonds. The van der Waals surface area contributed by atoms with Crippen LogP contribution < -0.4 is 11.1 Å². The zero-order valence-corrected chi connectivity index (χ0v) is 10.00. The Morgan fingerprint density at radius 3 is 3.00 bits per heavy atom. The van der Waals surface area contributed by atoms with E-state index in [9.17, 15) is 4.79 Å². The standard InChI is InChI=1S/C11H16ClN3O/c1-2-3-15-6-7(12)4-10(15)11(16)14-9-5-8(9)13/h4,6,8-9H,2-3,5,13H2,1H3,(H,14,16). The Bertz CT molecular complexity index is 402. The first-order chi connectivity index (χ1) is 7.61. The number of nitrogens with zero attached hydrogens (tertiary/aromatic N) is 1. The van der Waals surface area contributed by atoms with Crippen LogP contribution in [0.25, 0.3) is 0 Å². The number of hydrogen-bond donors (Lipinski definition) is 2. The van der Waals surface area contributed by atoms with Gasteiger partial charge in [-0.05, 0) is 18.9 Å². The molecule has 3 N–H and O–H groups in total. The van der Waals surface area contributed by atoms with Gasteiger partial charge in [-0.1, -0.05) is 18.5 Å². The molecule has 1 aliphatic carbocycles. The summed E-state index contributed by atoms with van der Waals surface area (Å²) in [7, 11) is 0. The molecule has 2 rings (SSSR count). The first-order valence-electron chi connectivity index (χ1n) is 5.54. The van der Waals surface area contributed by atoms with Crippen molar-refractivity contribution in [3.05, 3.63) is 23.0 Å². The number of nitrogens with one attached hydrogen (secondary N) is 1. The van der Waals surface area contributed by atoms with E-state index in [4.69, 9.17) is 17.3 Å². The third kappa shape index (κ3) is 2.39. The van der Waals surface area contributed by atoms with Crippen molar-refractivity contribution in [1.82, 2.24) is 9.88 Å². The third-order valence-corrected chi connectivity index (χ3v) is 2.92. The molecule has 2 atom stereocenters. The highest BCUT2D eigenvalue weighted by Gasteiger charge is 2.35. The molecule has 1 aromatic heterocycles. The monoisotopic (exact) mass is 241 g/mol. The van der Waals surface area contributed by atoms with E-state index in [-0.39, 0.29) is 18.0 Å². The first kappa shape index (κ1) is 11.5. The molecule has 0 aliphatic heterocycles. The van der Waals surface area contributed by atoms with Crippen LogP contribution in [0.1, 0.15) is 30.3 Å². The molecule has 4 nitrogen and oxygen atoms in total. The summed E-state index contributed by atoms with van der Waals surface area (Å²) in [6.07, 6.45) is 3.62. The maximum atomic E-state index is 11.9. The minimum absolute atomic E-state index is 0.0849. The van der Waals surface area contributed by atoms with E-state index in [2.05, 4.69) is 12.2 Å². The lowest BCUT2D eigenvalue weighted by molar-refractivity contribution is 0.0941. The Morgan fingerprint density at radius 1 is 1.75 bits per heavy atom. The minimum Gasteiger partial charge on any atom is -0.346 e. The Morgan fingerprint density at radius 2 is 2.44 bits per heavy atom. The SMILES string of the molecule is CCCn1cc(Cl)cc1C(=O)NC1CC1N. The Kier molecular flexibility index (Phi) is 3.21. The lowest BCUT2D eigenvalue weighted by Gasteiger charge is -2.07. The summed E-state index contributed by atoms with van der Waals surface area (Å²) in [5.74, 6) is -0.0849. The highest BCUT2D eigenvalue weighted by Crippen LogP contribution is 2.20. The van der Waals surface area contributed by atoms with Crippen LogP contribution in [0.15, 0.2) is 12.3 Å². The molecule has 0 aromatic carbocycles. The van der Waals surface area contributed by atoms with E-state index in [1.807, 2.05) is 4.57 Å². The van der Waals surface area contributed by atoms with E-state index >= 15 is 0 Å². The van der Waals surface area contributed by atoms with Crippen LogP contribution in [-0.2, 0) is 6.54 Å². The molecular formula is C11H16ClN3O. The molecule has 0 spiro atoms. The molecule has 1 aliphatic rings. The second kappa shape index (κ2) is 4.47. The molecule has 1 heterocycles. The largest absolute Gasteiger partial charge is 0.346 e. The zero-order chi connectivity index (χ0) is 11.7. The number of rotatable bonds is 4. The van der Waals surface area contributed by atoms with E-state index in [0.29, 0.717) is 10.7 Å². The summed E-state index contributed by atoms with van der Waals surface area (Å²) in [4.78, 5) is 11.9. The number of aryl methyl sites for hydroxylation is 1. The van der Waals surface area contributed by atoms with Crippen LogP contribution in [0, 0.1) is 0 Å². The molecule has 5 heteroatoms. The van der Waals surface area contributed by atoms with E-state index < -0.39 is 0 Å². The van der Waals surface area contributed by atoms with Crippen molar-refractivity contribution in [3.63, 3.8) is 0 Å². The number of amides is 1. The third-order valence-electron chi connectivity index (χ3n) is 2.72. The fourth-order valence-corrected chi connectivity index (χ4v) is 1.94. The van der Waals surface area contributed by atoms with Gasteiger partial charge in [0, 0.05) is 24.8 Å². The number of aromatic nitrogens is 1. The van der Waals surface area contributed by atoms with Crippen molar-refractivity contribution in [1.29, 1.82) is 0 Å². The normalized spacial score (nSPS) is 23.2. The summed E-state index contributed by atoms with van der Waals surface area (Å²) in [5, 5.41) is 3.48. The van der Waals surface area contributed by atoms with Gasteiger partial charge in [0.05, 0.1) is 5.02 Å². The maximum absolute atomic E-state index is 11.9. The van der Waals surface area contributed by atoms with Gasteiger partial charge in [-0.2, -0.15) is 0 Å². The predicted molar refractivity (Wildman–Crippen MR) is 63.6 cm³/mol. The highest BCUT2D eigenvalue weighted by atomic mass is 35.5. The lowest BCUT2D eigenvalue weighted by atomic mass is 10.3. The van der Waals surface area contributed by atoms with E-state index in [1.54, 1.807) is 12.3 Å². The van der Waals surface area contributed by atoms with Gasteiger partial charge < -0.3 is 15.6 Å². The van der Waals surface area contributed by atoms with Gasteiger partial charge in [-0.3, -0.25) is 4.79 Å². The molecule has 0 radical (unpaired) electrons. The van der Waals surface area contributed by atoms with Crippen molar-refractivity contribution in [2.45, 2.75) is 38.4 Å². The van der Waals surface area contributed by atoms with Gasteiger partial charge in [0.15, 0.2) is 0 Å². The summed E-state index contributed by atoms with van der Waals surface area (Å²) < 4.78 is 1.88. The van der Waals surface area contributed by atoms with Crippen molar-refractivity contribution in [2.75, 3.05) is 0 Å². The number of hydrogen-bond acceptors (Lipinski definition) is 2. The van der Waals surface area contributed by atoms with Gasteiger partial charge >= 0.3 is 0 Å². The number of nitrogens with two attached hydrogens (primary N) is 1. The van der Waals surface area contributed by atoms with E-state index in [1.165, 1.54) is 0 Å². The summed E-state index contributed by atoms with van der Waals surface area (Å²) in [5.41, 5.74) is 6.26. The molecule has 1 fully saturated rings. The van der Waals surface area contributed by atoms with Crippen molar-refractivity contribution in [3.8, 4) is 0 Å². The van der Waals surface area contributed by atoms with E-state index in [0.717, 1.165) is 19.4 Å². The maximum Gasteiger partial charge on any atom is 0.268 e. The Hall–Kier alpha value is -1.00. The van der Waals surface area contributed by atoms with Crippen molar-refractivity contribution in [2.24, 2.45) is 5.73 Å². The summed E-state index contributed by atoms with van der Waals surface area (Å²) in [6, 6.07) is 1.95. The Balaban J connectivity index is 2.08. The smallest absolute Gasteiger partial charge is 0.268 e. The molecule has 1 saturated carbocycles. The fourth-order valence-electron chi connectivity index (χ4n) is 1.71. The van der Waals surface area contributed by atoms with Gasteiger partial charge in [-0.25, -0.2) is 0 Å². The number of carbonyl (C=O) groups excluding carboxylic acids is 1. The summed E-state index contributed by atoms with van der Waals surface area (Å²) >= 11 is 5.90. The second-order valence-electron chi connectivity index (χ2n) is 4.22. The fraction of sp³-hybridized carbons (Fsp3) is 0.545. The predicted octanol–water partition coefficient (Wildman–Crippen LogP) is 1.38. The highest BCUT2D eigenvalue weighted by molar-refractivity contribution is 6.31. The van der Waals surface area contributed by atoms with Crippen LogP contribution >= 0.6 is 11.6 Å². The lowest BCUT2D eigenvalue weighted by Crippen LogP contribution is -2.31. The van der Waals surface area contributed by atoms with Gasteiger partial charge in [0.1, 0.15) is 5.69 Å². The van der Waals surface area contributed by atoms with Crippen molar-refractivity contribution >= 4 is 17.5 Å². The molecule has 88 valence electrons. The first-order valence-corrected chi connectivity index (χ1v) is 5.91. The molecule has 2 unspecified atom stereocenters. The minimum atomic E-state index is -0.0849. The average Bonchev–Trinajstić information content (AvgIpc) is 2.75. The van der Waals surface area contributed by atoms with Crippen molar-refractivity contribution < 1.29 is 4.79 Å². The van der Waals surface area contributed by atoms with Gasteiger partial charge in [0.25, 0.3) is 5.91 Å². The van der Waals surface area contributed by atoms with Crippen LogP contribution in [-0.4, -0.2) is 22.6 Å². The van der Waals surface area contributed by atoms with Gasteiger partial charge in [0.2, 0.25) is 0 Å². The molecular weight excluding hydrogens is 226 g/mol. The topological polar surface area (TPSA) is 60.0 Å². The zero-order valence-electron chi connectivity index (χ0n) is 9.24. The summed E-state index contributed by atoms with van der Waals surface area (Å²) in [6.45, 7) is 2.86. The average molecular weight is 242 g/mol. The molecule has 16 heavy (non-hydrogen) atoms. The van der Waals surface area contributed by atoms with Crippen LogP contribution in [0.4, 0.5) is 0 Å². The quantitative estimate of drug-likeness (QED) is 0.837. The number of carbonyl (C=O) groups is 1. The number of halogens is 1. The molecule has 0 bridgehead atoms. The van der Waals surface area contributed by atoms with Crippen LogP contribution in [0.3, 0.4) is 0 Å². The van der Waals surface area contributed by atoms with Crippen LogP contribution in [0.5, 0.6) is 0 Å². The van der Waals surface area contributed by atoms with Crippen LogP contribution in [0.2, 0.25) is 5.02 Å².